The van der Waals surface area contributed by atoms with Gasteiger partial charge in [0, 0.05) is 13.1 Å². The second kappa shape index (κ2) is 5.73. The monoisotopic (exact) mass is 210 g/mol. The Kier molecular flexibility index (Phi) is 5.35. The topological polar surface area (TPSA) is 117 Å². The van der Waals surface area contributed by atoms with E-state index in [9.17, 15) is 8.42 Å². The molecule has 0 aliphatic carbocycles. The number of rotatable bonds is 5. The molecule has 0 aromatic heterocycles. The van der Waals surface area contributed by atoms with Crippen molar-refractivity contribution in [2.45, 2.75) is 6.42 Å². The molecule has 0 bridgehead atoms. The lowest BCUT2D eigenvalue weighted by Crippen LogP contribution is -2.29. The Morgan fingerprint density at radius 3 is 2.69 bits per heavy atom. The molecule has 0 radical (unpaired) electrons. The van der Waals surface area contributed by atoms with E-state index in [-0.39, 0.29) is 5.96 Å². The van der Waals surface area contributed by atoms with Gasteiger partial charge in [0.05, 0.1) is 6.26 Å². The van der Waals surface area contributed by atoms with Crippen molar-refractivity contribution in [3.05, 3.63) is 0 Å². The molecular formula is C5H14N4O3S. The lowest BCUT2D eigenvalue weighted by atomic mass is 10.4. The van der Waals surface area contributed by atoms with Crippen LogP contribution in [-0.2, 0) is 10.0 Å². The van der Waals surface area contributed by atoms with Crippen molar-refractivity contribution < 1.29 is 13.6 Å². The molecule has 0 unspecified atom stereocenters. The predicted octanol–water partition coefficient (Wildman–Crippen LogP) is -1.78. The van der Waals surface area contributed by atoms with Crippen LogP contribution < -0.4 is 15.9 Å². The highest BCUT2D eigenvalue weighted by Gasteiger charge is 1.97. The summed E-state index contributed by atoms with van der Waals surface area (Å²) in [6.07, 6.45) is 1.61. The van der Waals surface area contributed by atoms with E-state index in [1.54, 1.807) is 5.48 Å². The van der Waals surface area contributed by atoms with Crippen molar-refractivity contribution in [1.82, 2.24) is 10.2 Å². The molecule has 5 N–H and O–H groups in total. The summed E-state index contributed by atoms with van der Waals surface area (Å²) in [5.74, 6) is -0.0839. The van der Waals surface area contributed by atoms with Gasteiger partial charge in [0.15, 0.2) is 0 Å². The van der Waals surface area contributed by atoms with Gasteiger partial charge in [0.2, 0.25) is 16.0 Å². The highest BCUT2D eigenvalue weighted by atomic mass is 32.2. The first kappa shape index (κ1) is 12.1. The summed E-state index contributed by atoms with van der Waals surface area (Å²) in [4.78, 5) is 3.66. The lowest BCUT2D eigenvalue weighted by Gasteiger charge is -2.00. The standard InChI is InChI=1S/C5H14N4O3S/c1-13(11,12)8-4-2-3-7-5(6)9-10/h8,10H,2-4H2,1H3,(H3,6,7,9). The third-order valence-corrected chi connectivity index (χ3v) is 1.82. The van der Waals surface area contributed by atoms with E-state index >= 15 is 0 Å². The van der Waals surface area contributed by atoms with Crippen LogP contribution in [0.15, 0.2) is 4.99 Å². The van der Waals surface area contributed by atoms with E-state index in [0.717, 1.165) is 6.26 Å². The van der Waals surface area contributed by atoms with E-state index in [2.05, 4.69) is 9.71 Å². The quantitative estimate of drug-likeness (QED) is 0.185. The van der Waals surface area contributed by atoms with Gasteiger partial charge in [-0.25, -0.2) is 18.6 Å². The maximum atomic E-state index is 10.6. The SMILES string of the molecule is CS(=O)(=O)NCCCN=C(N)NO. The number of nitrogens with one attached hydrogen (secondary N) is 2. The Labute approximate surface area is 77.0 Å². The molecule has 0 atom stereocenters. The smallest absolute Gasteiger partial charge is 0.212 e. The number of nitrogens with two attached hydrogens (primary N) is 1. The van der Waals surface area contributed by atoms with Crippen molar-refractivity contribution in [3.8, 4) is 0 Å². The number of hydrogen-bond donors (Lipinski definition) is 4. The first-order valence-electron chi connectivity index (χ1n) is 3.60. The predicted molar refractivity (Wildman–Crippen MR) is 48.9 cm³/mol. The van der Waals surface area contributed by atoms with Gasteiger partial charge < -0.3 is 5.73 Å². The number of sulfonamides is 1. The summed E-state index contributed by atoms with van der Waals surface area (Å²) in [6, 6.07) is 0. The van der Waals surface area contributed by atoms with Crippen LogP contribution in [0, 0.1) is 0 Å². The molecular weight excluding hydrogens is 196 g/mol. The van der Waals surface area contributed by atoms with Gasteiger partial charge in [0.25, 0.3) is 0 Å². The van der Waals surface area contributed by atoms with Crippen molar-refractivity contribution >= 4 is 16.0 Å². The minimum Gasteiger partial charge on any atom is -0.368 e. The molecule has 0 aromatic carbocycles. The summed E-state index contributed by atoms with van der Waals surface area (Å²) < 4.78 is 23.4. The zero-order valence-electron chi connectivity index (χ0n) is 7.32. The average Bonchev–Trinajstić information content (AvgIpc) is 2.01. The Hall–Kier alpha value is -0.860. The number of aliphatic imine (C=N–C) groups is 1. The van der Waals surface area contributed by atoms with Crippen LogP contribution in [0.25, 0.3) is 0 Å². The molecule has 0 amide bonds. The maximum Gasteiger partial charge on any atom is 0.212 e. The van der Waals surface area contributed by atoms with Gasteiger partial charge in [-0.15, -0.1) is 0 Å². The summed E-state index contributed by atoms with van der Waals surface area (Å²) in [7, 11) is -3.13. The van der Waals surface area contributed by atoms with Crippen molar-refractivity contribution in [2.24, 2.45) is 10.7 Å². The van der Waals surface area contributed by atoms with E-state index < -0.39 is 10.0 Å². The summed E-state index contributed by atoms with van der Waals surface area (Å²) in [5, 5.41) is 8.20. The first-order chi connectivity index (χ1) is 5.95. The minimum atomic E-state index is -3.13. The number of nitrogens with zero attached hydrogens (tertiary/aromatic N) is 1. The van der Waals surface area contributed by atoms with Crippen LogP contribution in [0.5, 0.6) is 0 Å². The van der Waals surface area contributed by atoms with Crippen LogP contribution in [0.3, 0.4) is 0 Å². The zero-order chi connectivity index (χ0) is 10.3. The van der Waals surface area contributed by atoms with Crippen LogP contribution >= 0.6 is 0 Å². The highest BCUT2D eigenvalue weighted by molar-refractivity contribution is 7.88. The lowest BCUT2D eigenvalue weighted by molar-refractivity contribution is 0.232. The van der Waals surface area contributed by atoms with Crippen molar-refractivity contribution in [3.63, 3.8) is 0 Å². The number of guanidine groups is 1. The van der Waals surface area contributed by atoms with Gasteiger partial charge in [-0.3, -0.25) is 10.2 Å². The third kappa shape index (κ3) is 9.05. The van der Waals surface area contributed by atoms with Crippen molar-refractivity contribution in [2.75, 3.05) is 19.3 Å². The molecule has 8 heteroatoms. The van der Waals surface area contributed by atoms with Crippen molar-refractivity contribution in [1.29, 1.82) is 0 Å². The minimum absolute atomic E-state index is 0.0839. The summed E-state index contributed by atoms with van der Waals surface area (Å²) in [6.45, 7) is 0.656. The van der Waals surface area contributed by atoms with E-state index in [1.807, 2.05) is 0 Å². The second-order valence-corrected chi connectivity index (χ2v) is 4.23. The number of hydrogen-bond acceptors (Lipinski definition) is 4. The first-order valence-corrected chi connectivity index (χ1v) is 5.49. The molecule has 0 aromatic rings. The molecule has 0 spiro atoms. The highest BCUT2D eigenvalue weighted by Crippen LogP contribution is 1.81. The van der Waals surface area contributed by atoms with Gasteiger partial charge in [-0.05, 0) is 6.42 Å². The molecule has 0 aliphatic heterocycles. The molecule has 13 heavy (non-hydrogen) atoms. The molecule has 0 aliphatic rings. The molecule has 0 heterocycles. The second-order valence-electron chi connectivity index (χ2n) is 2.40. The Morgan fingerprint density at radius 1 is 1.62 bits per heavy atom. The summed E-state index contributed by atoms with van der Waals surface area (Å²) in [5.41, 5.74) is 6.75. The summed E-state index contributed by atoms with van der Waals surface area (Å²) >= 11 is 0. The van der Waals surface area contributed by atoms with Gasteiger partial charge in [-0.1, -0.05) is 0 Å². The Bertz CT molecular complexity index is 261. The molecule has 78 valence electrons. The largest absolute Gasteiger partial charge is 0.368 e. The molecule has 0 saturated carbocycles. The zero-order valence-corrected chi connectivity index (χ0v) is 8.13. The van der Waals surface area contributed by atoms with Gasteiger partial charge in [0.1, 0.15) is 0 Å². The van der Waals surface area contributed by atoms with E-state index in [4.69, 9.17) is 10.9 Å². The van der Waals surface area contributed by atoms with Crippen LogP contribution in [-0.4, -0.2) is 38.9 Å². The fraction of sp³-hybridized carbons (Fsp3) is 0.800. The van der Waals surface area contributed by atoms with Gasteiger partial charge in [-0.2, -0.15) is 0 Å². The fourth-order valence-corrected chi connectivity index (χ4v) is 1.09. The fourth-order valence-electron chi connectivity index (χ4n) is 0.571. The van der Waals surface area contributed by atoms with Crippen LogP contribution in [0.4, 0.5) is 0 Å². The molecule has 0 saturated heterocycles. The third-order valence-electron chi connectivity index (χ3n) is 1.10. The molecule has 0 fully saturated rings. The van der Waals surface area contributed by atoms with Gasteiger partial charge >= 0.3 is 0 Å². The normalized spacial score (nSPS) is 12.9. The molecule has 0 rings (SSSR count). The van der Waals surface area contributed by atoms with Crippen LogP contribution in [0.1, 0.15) is 6.42 Å². The Morgan fingerprint density at radius 2 is 2.23 bits per heavy atom. The molecule has 7 nitrogen and oxygen atoms in total. The Balaban J connectivity index is 3.48. The average molecular weight is 210 g/mol. The van der Waals surface area contributed by atoms with E-state index in [1.165, 1.54) is 0 Å². The maximum absolute atomic E-state index is 10.6. The number of hydroxylamine groups is 1. The van der Waals surface area contributed by atoms with Crippen LogP contribution in [0.2, 0.25) is 0 Å². The van der Waals surface area contributed by atoms with E-state index in [0.29, 0.717) is 19.5 Å².